The van der Waals surface area contributed by atoms with Crippen molar-refractivity contribution in [2.75, 3.05) is 18.5 Å². The number of nitrogens with one attached hydrogen (secondary N) is 1. The van der Waals surface area contributed by atoms with Crippen molar-refractivity contribution in [2.24, 2.45) is 0 Å². The van der Waals surface area contributed by atoms with Crippen LogP contribution < -0.4 is 10.1 Å². The molecule has 3 aromatic rings. The van der Waals surface area contributed by atoms with Gasteiger partial charge in [-0.25, -0.2) is 19.9 Å². The summed E-state index contributed by atoms with van der Waals surface area (Å²) < 4.78 is 40.7. The number of hydrogen-bond acceptors (Lipinski definition) is 7. The van der Waals surface area contributed by atoms with E-state index in [2.05, 4.69) is 30.0 Å². The van der Waals surface area contributed by atoms with Crippen LogP contribution in [0.5, 0.6) is 5.88 Å². The highest BCUT2D eigenvalue weighted by Crippen LogP contribution is 2.20. The van der Waals surface area contributed by atoms with Gasteiger partial charge in [0.25, 0.3) is 0 Å². The second kappa shape index (κ2) is 6.95. The van der Waals surface area contributed by atoms with Crippen molar-refractivity contribution in [3.05, 3.63) is 35.7 Å². The second-order valence-corrected chi connectivity index (χ2v) is 5.65. The van der Waals surface area contributed by atoms with Crippen molar-refractivity contribution in [2.45, 2.75) is 12.6 Å². The highest BCUT2D eigenvalue weighted by Gasteiger charge is 2.28. The molecule has 0 aliphatic heterocycles. The van der Waals surface area contributed by atoms with Crippen molar-refractivity contribution >= 4 is 27.5 Å². The fourth-order valence-corrected chi connectivity index (χ4v) is 2.58. The van der Waals surface area contributed by atoms with E-state index in [4.69, 9.17) is 0 Å². The van der Waals surface area contributed by atoms with Gasteiger partial charge in [0.1, 0.15) is 16.7 Å². The van der Waals surface area contributed by atoms with Gasteiger partial charge in [-0.05, 0) is 12.0 Å². The van der Waals surface area contributed by atoms with E-state index < -0.39 is 12.8 Å². The second-order valence-electron chi connectivity index (χ2n) is 4.81. The van der Waals surface area contributed by atoms with Gasteiger partial charge in [0.2, 0.25) is 5.88 Å². The first-order chi connectivity index (χ1) is 11.5. The Morgan fingerprint density at radius 2 is 2.00 bits per heavy atom. The number of hydrogen-bond donors (Lipinski definition) is 1. The molecule has 1 N–H and O–H groups in total. The third kappa shape index (κ3) is 4.28. The van der Waals surface area contributed by atoms with Gasteiger partial charge in [-0.2, -0.15) is 13.2 Å². The van der Waals surface area contributed by atoms with E-state index in [9.17, 15) is 13.2 Å². The highest BCUT2D eigenvalue weighted by molar-refractivity contribution is 7.16. The van der Waals surface area contributed by atoms with Gasteiger partial charge in [-0.3, -0.25) is 0 Å². The van der Waals surface area contributed by atoms with E-state index in [0.717, 1.165) is 15.9 Å². The number of alkyl halides is 3. The summed E-state index contributed by atoms with van der Waals surface area (Å²) in [5.41, 5.74) is 3.29. The summed E-state index contributed by atoms with van der Waals surface area (Å²) in [6.07, 6.45) is -0.784. The standard InChI is InChI=1S/C14H12F3N5OS/c15-14(16,17)6-23-10-2-1-9(5-19-10)3-4-18-12-11-13(21-7-20-12)24-8-22-11/h1-2,5,7-8H,3-4,6H2,(H,18,20,21). The molecule has 0 bridgehead atoms. The third-order valence-corrected chi connectivity index (χ3v) is 3.76. The molecule has 126 valence electrons. The van der Waals surface area contributed by atoms with Crippen molar-refractivity contribution < 1.29 is 17.9 Å². The number of fused-ring (bicyclic) bond motifs is 1. The number of anilines is 1. The lowest BCUT2D eigenvalue weighted by atomic mass is 10.2. The van der Waals surface area contributed by atoms with Gasteiger partial charge in [0.15, 0.2) is 12.4 Å². The number of pyridine rings is 1. The van der Waals surface area contributed by atoms with Crippen molar-refractivity contribution in [1.82, 2.24) is 19.9 Å². The molecule has 0 radical (unpaired) electrons. The Kier molecular flexibility index (Phi) is 4.74. The van der Waals surface area contributed by atoms with Crippen LogP contribution in [0.25, 0.3) is 10.3 Å². The van der Waals surface area contributed by atoms with Crippen molar-refractivity contribution in [3.8, 4) is 5.88 Å². The van der Waals surface area contributed by atoms with Crippen LogP contribution in [0.4, 0.5) is 19.0 Å². The average Bonchev–Trinajstić information content (AvgIpc) is 3.03. The molecule has 6 nitrogen and oxygen atoms in total. The van der Waals surface area contributed by atoms with Crippen LogP contribution >= 0.6 is 11.3 Å². The molecule has 0 fully saturated rings. The number of aromatic nitrogens is 4. The third-order valence-electron chi connectivity index (χ3n) is 3.02. The maximum absolute atomic E-state index is 12.1. The fourth-order valence-electron chi connectivity index (χ4n) is 1.95. The summed E-state index contributed by atoms with van der Waals surface area (Å²) in [4.78, 5) is 17.1. The molecule has 0 saturated heterocycles. The molecule has 0 saturated carbocycles. The van der Waals surface area contributed by atoms with Gasteiger partial charge in [-0.1, -0.05) is 6.07 Å². The summed E-state index contributed by atoms with van der Waals surface area (Å²) in [6, 6.07) is 3.10. The smallest absolute Gasteiger partial charge is 0.422 e. The van der Waals surface area contributed by atoms with E-state index in [0.29, 0.717) is 18.8 Å². The molecule has 24 heavy (non-hydrogen) atoms. The van der Waals surface area contributed by atoms with E-state index in [-0.39, 0.29) is 5.88 Å². The van der Waals surface area contributed by atoms with Crippen molar-refractivity contribution in [3.63, 3.8) is 0 Å². The molecular weight excluding hydrogens is 343 g/mol. The maximum Gasteiger partial charge on any atom is 0.422 e. The largest absolute Gasteiger partial charge is 0.468 e. The Morgan fingerprint density at radius 1 is 1.12 bits per heavy atom. The minimum Gasteiger partial charge on any atom is -0.468 e. The van der Waals surface area contributed by atoms with Gasteiger partial charge in [-0.15, -0.1) is 11.3 Å². The van der Waals surface area contributed by atoms with E-state index in [1.165, 1.54) is 29.9 Å². The molecule has 0 unspecified atom stereocenters. The monoisotopic (exact) mass is 355 g/mol. The van der Waals surface area contributed by atoms with Gasteiger partial charge in [0, 0.05) is 18.8 Å². The van der Waals surface area contributed by atoms with Crippen LogP contribution in [0.3, 0.4) is 0 Å². The van der Waals surface area contributed by atoms with Gasteiger partial charge < -0.3 is 10.1 Å². The van der Waals surface area contributed by atoms with Crippen LogP contribution in [0, 0.1) is 0 Å². The van der Waals surface area contributed by atoms with Crippen LogP contribution in [0.2, 0.25) is 0 Å². The lowest BCUT2D eigenvalue weighted by molar-refractivity contribution is -0.154. The topological polar surface area (TPSA) is 72.8 Å². The first kappa shape index (κ1) is 16.4. The van der Waals surface area contributed by atoms with Gasteiger partial charge >= 0.3 is 6.18 Å². The molecule has 3 heterocycles. The molecule has 10 heteroatoms. The normalized spacial score (nSPS) is 11.6. The van der Waals surface area contributed by atoms with E-state index in [1.807, 2.05) is 0 Å². The predicted octanol–water partition coefficient (Wildman–Crippen LogP) is 3.08. The minimum absolute atomic E-state index is 0.0518. The maximum atomic E-state index is 12.1. The highest BCUT2D eigenvalue weighted by atomic mass is 32.1. The molecule has 0 spiro atoms. The lowest BCUT2D eigenvalue weighted by Gasteiger charge is -2.09. The zero-order valence-electron chi connectivity index (χ0n) is 12.2. The SMILES string of the molecule is FC(F)(F)COc1ccc(CCNc2ncnc3scnc23)cn1. The Labute approximate surface area is 138 Å². The Morgan fingerprint density at radius 3 is 2.75 bits per heavy atom. The van der Waals surface area contributed by atoms with E-state index in [1.54, 1.807) is 11.6 Å². The minimum atomic E-state index is -4.37. The summed E-state index contributed by atoms with van der Waals surface area (Å²) in [6.45, 7) is -0.771. The van der Waals surface area contributed by atoms with Crippen LogP contribution in [-0.2, 0) is 6.42 Å². The van der Waals surface area contributed by atoms with Crippen molar-refractivity contribution in [1.29, 1.82) is 0 Å². The molecule has 0 amide bonds. The fraction of sp³-hybridized carbons (Fsp3) is 0.286. The number of rotatable bonds is 6. The predicted molar refractivity (Wildman–Crippen MR) is 83.2 cm³/mol. The molecule has 0 aromatic carbocycles. The number of halogens is 3. The summed E-state index contributed by atoms with van der Waals surface area (Å²) in [7, 11) is 0. The molecule has 0 atom stereocenters. The van der Waals surface area contributed by atoms with Crippen LogP contribution in [-0.4, -0.2) is 39.3 Å². The quantitative estimate of drug-likeness (QED) is 0.733. The molecular formula is C14H12F3N5OS. The first-order valence-corrected chi connectivity index (χ1v) is 7.82. The summed E-state index contributed by atoms with van der Waals surface area (Å²) in [5.74, 6) is 0.600. The van der Waals surface area contributed by atoms with Gasteiger partial charge in [0.05, 0.1) is 5.51 Å². The molecule has 3 rings (SSSR count). The summed E-state index contributed by atoms with van der Waals surface area (Å²) in [5, 5.41) is 3.17. The molecule has 0 aliphatic carbocycles. The number of ether oxygens (including phenoxy) is 1. The number of nitrogens with zero attached hydrogens (tertiary/aromatic N) is 4. The van der Waals surface area contributed by atoms with Crippen LogP contribution in [0.1, 0.15) is 5.56 Å². The molecule has 3 aromatic heterocycles. The molecule has 0 aliphatic rings. The Bertz CT molecular complexity index is 806. The Hall–Kier alpha value is -2.49. The Balaban J connectivity index is 1.53. The first-order valence-electron chi connectivity index (χ1n) is 6.94. The average molecular weight is 355 g/mol. The van der Waals surface area contributed by atoms with E-state index >= 15 is 0 Å². The zero-order valence-corrected chi connectivity index (χ0v) is 13.1. The zero-order chi connectivity index (χ0) is 17.0. The number of thiazole rings is 1. The van der Waals surface area contributed by atoms with Crippen LogP contribution in [0.15, 0.2) is 30.2 Å². The lowest BCUT2D eigenvalue weighted by Crippen LogP contribution is -2.19. The summed E-state index contributed by atoms with van der Waals surface area (Å²) >= 11 is 1.43.